The Kier molecular flexibility index (Phi) is 7.37. The zero-order valence-corrected chi connectivity index (χ0v) is 17.1. The number of nitrogens with zero attached hydrogens (tertiary/aromatic N) is 2. The van der Waals surface area contributed by atoms with E-state index in [2.05, 4.69) is 20.4 Å². The lowest BCUT2D eigenvalue weighted by atomic mass is 10.2. The van der Waals surface area contributed by atoms with E-state index in [1.807, 2.05) is 65.0 Å². The summed E-state index contributed by atoms with van der Waals surface area (Å²) in [5.41, 5.74) is 6.14. The Morgan fingerprint density at radius 1 is 1.18 bits per heavy atom. The van der Waals surface area contributed by atoms with Crippen molar-refractivity contribution in [1.29, 1.82) is 0 Å². The highest BCUT2D eigenvalue weighted by Crippen LogP contribution is 2.22. The molecule has 1 atom stereocenters. The van der Waals surface area contributed by atoms with Crippen LogP contribution in [0.2, 0.25) is 0 Å². The first kappa shape index (κ1) is 21.2. The van der Waals surface area contributed by atoms with Gasteiger partial charge < -0.3 is 14.6 Å². The summed E-state index contributed by atoms with van der Waals surface area (Å²) in [5, 5.41) is 6.52. The van der Waals surface area contributed by atoms with Crippen molar-refractivity contribution in [3.8, 4) is 11.4 Å². The molecule has 0 aliphatic heterocycles. The van der Waals surface area contributed by atoms with Crippen molar-refractivity contribution < 1.29 is 14.3 Å². The van der Waals surface area contributed by atoms with Gasteiger partial charge in [-0.3, -0.25) is 9.59 Å². The van der Waals surface area contributed by atoms with Crippen LogP contribution in [-0.4, -0.2) is 35.2 Å². The van der Waals surface area contributed by atoms with Crippen molar-refractivity contribution in [2.24, 2.45) is 5.10 Å². The number of nitrogens with one attached hydrogen (secondary N) is 2. The molecule has 1 heterocycles. The second kappa shape index (κ2) is 9.73. The number of rotatable bonds is 7. The Balaban J connectivity index is 2.09. The minimum Gasteiger partial charge on any atom is -0.494 e. The molecular formula is C21H28N4O3. The summed E-state index contributed by atoms with van der Waals surface area (Å²) in [4.78, 5) is 23.5. The van der Waals surface area contributed by atoms with Crippen LogP contribution >= 0.6 is 0 Å². The molecule has 7 heteroatoms. The van der Waals surface area contributed by atoms with Crippen LogP contribution in [-0.2, 0) is 9.59 Å². The number of carbonyl (C=O) groups excluding carboxylic acids is 2. The Labute approximate surface area is 165 Å². The second-order valence-corrected chi connectivity index (χ2v) is 6.57. The average Bonchev–Trinajstić information content (AvgIpc) is 2.96. The van der Waals surface area contributed by atoms with Crippen LogP contribution in [0, 0.1) is 13.8 Å². The Morgan fingerprint density at radius 3 is 2.46 bits per heavy atom. The lowest BCUT2D eigenvalue weighted by Crippen LogP contribution is -2.41. The topological polar surface area (TPSA) is 84.7 Å². The molecule has 0 aliphatic rings. The van der Waals surface area contributed by atoms with E-state index in [1.54, 1.807) is 6.21 Å². The van der Waals surface area contributed by atoms with Crippen molar-refractivity contribution in [2.45, 2.75) is 47.1 Å². The van der Waals surface area contributed by atoms with E-state index in [1.165, 1.54) is 0 Å². The number of hydrogen-bond donors (Lipinski definition) is 2. The predicted molar refractivity (Wildman–Crippen MR) is 110 cm³/mol. The van der Waals surface area contributed by atoms with Gasteiger partial charge >= 0.3 is 11.8 Å². The summed E-state index contributed by atoms with van der Waals surface area (Å²) >= 11 is 0. The Hall–Kier alpha value is -3.09. The molecule has 1 aromatic heterocycles. The van der Waals surface area contributed by atoms with E-state index in [4.69, 9.17) is 4.74 Å². The van der Waals surface area contributed by atoms with E-state index in [0.717, 1.165) is 34.8 Å². The molecule has 7 nitrogen and oxygen atoms in total. The Morgan fingerprint density at radius 2 is 1.86 bits per heavy atom. The van der Waals surface area contributed by atoms with Crippen LogP contribution in [0.5, 0.6) is 5.75 Å². The van der Waals surface area contributed by atoms with Gasteiger partial charge in [0.25, 0.3) is 0 Å². The summed E-state index contributed by atoms with van der Waals surface area (Å²) in [6, 6.07) is 9.76. The lowest BCUT2D eigenvalue weighted by molar-refractivity contribution is -0.139. The first-order valence-electron chi connectivity index (χ1n) is 9.43. The predicted octanol–water partition coefficient (Wildman–Crippen LogP) is 2.86. The lowest BCUT2D eigenvalue weighted by Gasteiger charge is -2.11. The van der Waals surface area contributed by atoms with E-state index >= 15 is 0 Å². The van der Waals surface area contributed by atoms with Crippen molar-refractivity contribution in [2.75, 3.05) is 6.61 Å². The van der Waals surface area contributed by atoms with Gasteiger partial charge in [-0.2, -0.15) is 5.10 Å². The van der Waals surface area contributed by atoms with Crippen molar-refractivity contribution in [3.05, 3.63) is 47.3 Å². The standard InChI is InChI=1S/C21H28N4O3/c1-6-14(3)23-20(26)21(27)24-22-13-17-12-15(4)25(16(17)5)18-8-10-19(11-9-18)28-7-2/h8-14H,6-7H2,1-5H3,(H,23,26)(H,24,27)/b22-13-/t14-/m0/s1. The van der Waals surface area contributed by atoms with Crippen LogP contribution in [0.4, 0.5) is 0 Å². The van der Waals surface area contributed by atoms with Gasteiger partial charge in [0, 0.05) is 28.7 Å². The zero-order chi connectivity index (χ0) is 20.7. The minimum absolute atomic E-state index is 0.0599. The quantitative estimate of drug-likeness (QED) is 0.437. The molecule has 2 N–H and O–H groups in total. The fraction of sp³-hybridized carbons (Fsp3) is 0.381. The van der Waals surface area contributed by atoms with Gasteiger partial charge in [-0.05, 0) is 64.4 Å². The first-order valence-corrected chi connectivity index (χ1v) is 9.43. The summed E-state index contributed by atoms with van der Waals surface area (Å²) in [5.74, 6) is -0.642. The van der Waals surface area contributed by atoms with Crippen LogP contribution < -0.4 is 15.5 Å². The molecule has 28 heavy (non-hydrogen) atoms. The number of amides is 2. The molecule has 0 radical (unpaired) electrons. The molecule has 150 valence electrons. The number of hydrogen-bond acceptors (Lipinski definition) is 4. The zero-order valence-electron chi connectivity index (χ0n) is 17.1. The van der Waals surface area contributed by atoms with Gasteiger partial charge in [-0.1, -0.05) is 6.92 Å². The average molecular weight is 384 g/mol. The normalized spacial score (nSPS) is 12.0. The third kappa shape index (κ3) is 5.22. The van der Waals surface area contributed by atoms with Crippen molar-refractivity contribution >= 4 is 18.0 Å². The fourth-order valence-electron chi connectivity index (χ4n) is 2.78. The van der Waals surface area contributed by atoms with Gasteiger partial charge in [0.05, 0.1) is 12.8 Å². The minimum atomic E-state index is -0.781. The molecule has 2 amide bonds. The number of benzene rings is 1. The summed E-state index contributed by atoms with van der Waals surface area (Å²) in [7, 11) is 0. The second-order valence-electron chi connectivity index (χ2n) is 6.57. The molecule has 0 fully saturated rings. The molecule has 2 rings (SSSR count). The van der Waals surface area contributed by atoms with E-state index in [0.29, 0.717) is 6.61 Å². The third-order valence-corrected chi connectivity index (χ3v) is 4.44. The summed E-state index contributed by atoms with van der Waals surface area (Å²) in [6.07, 6.45) is 2.29. The van der Waals surface area contributed by atoms with E-state index < -0.39 is 11.8 Å². The highest BCUT2D eigenvalue weighted by molar-refractivity contribution is 6.35. The molecule has 0 saturated heterocycles. The molecular weight excluding hydrogens is 356 g/mol. The molecule has 2 aromatic rings. The van der Waals surface area contributed by atoms with Gasteiger partial charge in [0.15, 0.2) is 0 Å². The number of ether oxygens (including phenoxy) is 1. The van der Waals surface area contributed by atoms with Gasteiger partial charge in [0.1, 0.15) is 5.75 Å². The van der Waals surface area contributed by atoms with Gasteiger partial charge in [0.2, 0.25) is 0 Å². The third-order valence-electron chi connectivity index (χ3n) is 4.44. The highest BCUT2D eigenvalue weighted by Gasteiger charge is 2.14. The maximum Gasteiger partial charge on any atom is 0.329 e. The molecule has 0 saturated carbocycles. The van der Waals surface area contributed by atoms with E-state index in [9.17, 15) is 9.59 Å². The van der Waals surface area contributed by atoms with Gasteiger partial charge in [-0.25, -0.2) is 5.43 Å². The highest BCUT2D eigenvalue weighted by atomic mass is 16.5. The fourth-order valence-corrected chi connectivity index (χ4v) is 2.78. The number of aromatic nitrogens is 1. The molecule has 0 aliphatic carbocycles. The largest absolute Gasteiger partial charge is 0.494 e. The van der Waals surface area contributed by atoms with Crippen LogP contribution in [0.3, 0.4) is 0 Å². The smallest absolute Gasteiger partial charge is 0.329 e. The number of aryl methyl sites for hydroxylation is 1. The SMILES string of the molecule is CCOc1ccc(-n2c(C)cc(/C=N\NC(=O)C(=O)N[C@@H](C)CC)c2C)cc1. The molecule has 1 aromatic carbocycles. The summed E-state index contributed by atoms with van der Waals surface area (Å²) < 4.78 is 7.58. The maximum atomic E-state index is 11.8. The first-order chi connectivity index (χ1) is 13.4. The maximum absolute atomic E-state index is 11.8. The van der Waals surface area contributed by atoms with Gasteiger partial charge in [-0.15, -0.1) is 0 Å². The monoisotopic (exact) mass is 384 g/mol. The summed E-state index contributed by atoms with van der Waals surface area (Å²) in [6.45, 7) is 10.3. The van der Waals surface area contributed by atoms with Crippen LogP contribution in [0.1, 0.15) is 44.1 Å². The number of carbonyl (C=O) groups is 2. The Bertz CT molecular complexity index is 853. The van der Waals surface area contributed by atoms with Crippen LogP contribution in [0.15, 0.2) is 35.4 Å². The van der Waals surface area contributed by atoms with Crippen LogP contribution in [0.25, 0.3) is 5.69 Å². The van der Waals surface area contributed by atoms with E-state index in [-0.39, 0.29) is 6.04 Å². The van der Waals surface area contributed by atoms with Crippen molar-refractivity contribution in [3.63, 3.8) is 0 Å². The molecule has 0 spiro atoms. The molecule has 0 unspecified atom stereocenters. The number of hydrazone groups is 1. The van der Waals surface area contributed by atoms with Crippen molar-refractivity contribution in [1.82, 2.24) is 15.3 Å². The molecule has 0 bridgehead atoms.